The number of hydrogen-bond donors (Lipinski definition) is 3. The number of benzene rings is 1. The third-order valence-electron chi connectivity index (χ3n) is 6.43. The molecule has 1 aliphatic heterocycles. The average Bonchev–Trinajstić information content (AvgIpc) is 2.86. The van der Waals surface area contributed by atoms with Crippen molar-refractivity contribution in [3.05, 3.63) is 29.8 Å². The molecule has 0 saturated carbocycles. The van der Waals surface area contributed by atoms with Crippen LogP contribution in [-0.4, -0.2) is 61.2 Å². The number of piperidine rings is 1. The van der Waals surface area contributed by atoms with Crippen LogP contribution in [0.3, 0.4) is 0 Å². The van der Waals surface area contributed by atoms with Gasteiger partial charge in [-0.2, -0.15) is 5.32 Å². The maximum Gasteiger partial charge on any atom is 0.408 e. The maximum atomic E-state index is 12.3. The quantitative estimate of drug-likeness (QED) is 0.261. The topological polar surface area (TPSA) is 132 Å². The summed E-state index contributed by atoms with van der Waals surface area (Å²) >= 11 is 0. The first-order valence-electron chi connectivity index (χ1n) is 12.9. The van der Waals surface area contributed by atoms with E-state index in [1.54, 1.807) is 45.0 Å². The SMILES string of the molecule is CCC(=[NH2+])NC(=O)N1CCC([C@H](C)CCOc2ccc([C@H](NC(=O)OC(C)(C)C)C(=O)OC)cc2)CC1. The van der Waals surface area contributed by atoms with Crippen molar-refractivity contribution in [2.75, 3.05) is 26.8 Å². The minimum atomic E-state index is -0.988. The molecule has 0 radical (unpaired) electrons. The highest BCUT2D eigenvalue weighted by molar-refractivity contribution is 5.94. The second-order valence-corrected chi connectivity index (χ2v) is 10.4. The first kappa shape index (κ1) is 29.9. The number of ether oxygens (including phenoxy) is 3. The molecular formula is C27H43N4O6+. The summed E-state index contributed by atoms with van der Waals surface area (Å²) in [5, 5.41) is 11.0. The van der Waals surface area contributed by atoms with Gasteiger partial charge in [0.05, 0.1) is 13.7 Å². The van der Waals surface area contributed by atoms with Gasteiger partial charge >= 0.3 is 18.1 Å². The molecule has 0 spiro atoms. The Morgan fingerprint density at radius 1 is 1.14 bits per heavy atom. The number of nitrogens with zero attached hydrogens (tertiary/aromatic N) is 1. The van der Waals surface area contributed by atoms with Gasteiger partial charge in [0.25, 0.3) is 0 Å². The highest BCUT2D eigenvalue weighted by Gasteiger charge is 2.29. The zero-order valence-electron chi connectivity index (χ0n) is 23.0. The summed E-state index contributed by atoms with van der Waals surface area (Å²) in [6.45, 7) is 11.4. The maximum absolute atomic E-state index is 12.3. The normalized spacial score (nSPS) is 15.8. The van der Waals surface area contributed by atoms with E-state index in [1.165, 1.54) is 7.11 Å². The summed E-state index contributed by atoms with van der Waals surface area (Å²) in [4.78, 5) is 38.5. The smallest absolute Gasteiger partial charge is 0.408 e. The Hall–Kier alpha value is -3.30. The number of rotatable bonds is 9. The van der Waals surface area contributed by atoms with Gasteiger partial charge < -0.3 is 24.4 Å². The second kappa shape index (κ2) is 13.9. The molecule has 0 unspecified atom stereocenters. The molecule has 1 saturated heterocycles. The molecule has 1 heterocycles. The number of hydrogen-bond acceptors (Lipinski definition) is 6. The molecule has 1 aliphatic rings. The van der Waals surface area contributed by atoms with Crippen LogP contribution in [0, 0.1) is 11.8 Å². The molecule has 3 amide bonds. The molecular weight excluding hydrogens is 476 g/mol. The highest BCUT2D eigenvalue weighted by Crippen LogP contribution is 2.28. The minimum absolute atomic E-state index is 0.118. The fourth-order valence-corrected chi connectivity index (χ4v) is 4.15. The third-order valence-corrected chi connectivity index (χ3v) is 6.43. The Bertz CT molecular complexity index is 920. The lowest BCUT2D eigenvalue weighted by Crippen LogP contribution is -2.55. The van der Waals surface area contributed by atoms with E-state index in [2.05, 4.69) is 17.6 Å². The number of amidine groups is 1. The number of likely N-dealkylation sites (tertiary alicyclic amines) is 1. The number of nitrogens with one attached hydrogen (secondary N) is 2. The molecule has 206 valence electrons. The van der Waals surface area contributed by atoms with Crippen molar-refractivity contribution in [1.29, 1.82) is 0 Å². The van der Waals surface area contributed by atoms with E-state index in [1.807, 2.05) is 11.8 Å². The van der Waals surface area contributed by atoms with Crippen LogP contribution in [0.1, 0.15) is 71.9 Å². The second-order valence-electron chi connectivity index (χ2n) is 10.4. The molecule has 2 atom stereocenters. The molecule has 0 aliphatic carbocycles. The Kier molecular flexibility index (Phi) is 11.2. The van der Waals surface area contributed by atoms with Crippen LogP contribution in [0.4, 0.5) is 9.59 Å². The van der Waals surface area contributed by atoms with Gasteiger partial charge in [0.1, 0.15) is 11.4 Å². The van der Waals surface area contributed by atoms with Crippen LogP contribution in [-0.2, 0) is 14.3 Å². The summed E-state index contributed by atoms with van der Waals surface area (Å²) in [5.74, 6) is 1.56. The van der Waals surface area contributed by atoms with Gasteiger partial charge in [-0.15, -0.1) is 0 Å². The van der Waals surface area contributed by atoms with Crippen molar-refractivity contribution in [2.24, 2.45) is 11.8 Å². The fraction of sp³-hybridized carbons (Fsp3) is 0.630. The van der Waals surface area contributed by atoms with E-state index in [4.69, 9.17) is 19.6 Å². The van der Waals surface area contributed by atoms with Gasteiger partial charge in [-0.25, -0.2) is 14.4 Å². The molecule has 1 aromatic rings. The van der Waals surface area contributed by atoms with Gasteiger partial charge in [-0.1, -0.05) is 26.0 Å². The van der Waals surface area contributed by atoms with E-state index < -0.39 is 23.7 Å². The van der Waals surface area contributed by atoms with Crippen LogP contribution in [0.2, 0.25) is 0 Å². The van der Waals surface area contributed by atoms with Crippen LogP contribution < -0.4 is 20.8 Å². The number of alkyl carbamates (subject to hydrolysis) is 1. The van der Waals surface area contributed by atoms with Gasteiger partial charge in [-0.05, 0) is 69.6 Å². The van der Waals surface area contributed by atoms with Crippen molar-refractivity contribution in [3.8, 4) is 5.75 Å². The summed E-state index contributed by atoms with van der Waals surface area (Å²) in [6, 6.07) is 5.87. The molecule has 0 aromatic heterocycles. The van der Waals surface area contributed by atoms with E-state index in [0.717, 1.165) is 32.4 Å². The summed E-state index contributed by atoms with van der Waals surface area (Å²) < 4.78 is 16.0. The Morgan fingerprint density at radius 2 is 1.76 bits per heavy atom. The lowest BCUT2D eigenvalue weighted by molar-refractivity contribution is -0.143. The summed E-state index contributed by atoms with van der Waals surface area (Å²) in [6.07, 6.45) is 2.72. The highest BCUT2D eigenvalue weighted by atomic mass is 16.6. The first-order chi connectivity index (χ1) is 17.4. The van der Waals surface area contributed by atoms with Crippen molar-refractivity contribution < 1.29 is 34.0 Å². The zero-order chi connectivity index (χ0) is 27.6. The molecule has 0 bridgehead atoms. The van der Waals surface area contributed by atoms with E-state index >= 15 is 0 Å². The monoisotopic (exact) mass is 519 g/mol. The Balaban J connectivity index is 1.82. The van der Waals surface area contributed by atoms with Gasteiger partial charge in [-0.3, -0.25) is 5.41 Å². The summed E-state index contributed by atoms with van der Waals surface area (Å²) in [7, 11) is 1.27. The molecule has 2 rings (SSSR count). The van der Waals surface area contributed by atoms with Crippen molar-refractivity contribution >= 4 is 23.9 Å². The summed E-state index contributed by atoms with van der Waals surface area (Å²) in [5.41, 5.74) is -0.125. The number of carbonyl (C=O) groups is 3. The number of methoxy groups -OCH3 is 1. The molecule has 4 N–H and O–H groups in total. The van der Waals surface area contributed by atoms with Crippen LogP contribution in [0.5, 0.6) is 5.75 Å². The molecule has 10 heteroatoms. The van der Waals surface area contributed by atoms with Crippen molar-refractivity contribution in [3.63, 3.8) is 0 Å². The standard InChI is InChI=1S/C27H42N4O6/c1-7-22(28)29-25(33)31-15-12-19(13-16-31)18(2)14-17-36-21-10-8-20(9-11-21)23(24(32)35-6)30-26(34)37-27(3,4)5/h8-11,18-19,23H,7,12-17H2,1-6H3,(H,30,34)(H2,28,29,33)/p+1/t18-,23+/m1/s1. The number of amides is 3. The van der Waals surface area contributed by atoms with Crippen LogP contribution in [0.15, 0.2) is 24.3 Å². The van der Waals surface area contributed by atoms with Gasteiger partial charge in [0.15, 0.2) is 6.04 Å². The van der Waals surface area contributed by atoms with E-state index in [0.29, 0.717) is 42.0 Å². The van der Waals surface area contributed by atoms with Crippen LogP contribution >= 0.6 is 0 Å². The van der Waals surface area contributed by atoms with E-state index in [9.17, 15) is 14.4 Å². The largest absolute Gasteiger partial charge is 0.494 e. The number of esters is 1. The molecule has 1 fully saturated rings. The van der Waals surface area contributed by atoms with Crippen molar-refractivity contribution in [1.82, 2.24) is 15.5 Å². The third kappa shape index (κ3) is 9.93. The van der Waals surface area contributed by atoms with E-state index in [-0.39, 0.29) is 6.03 Å². The predicted octanol–water partition coefficient (Wildman–Crippen LogP) is 2.82. The van der Waals surface area contributed by atoms with Gasteiger partial charge in [0.2, 0.25) is 5.84 Å². The minimum Gasteiger partial charge on any atom is -0.494 e. The lowest BCUT2D eigenvalue weighted by Gasteiger charge is -2.33. The van der Waals surface area contributed by atoms with Crippen molar-refractivity contribution in [2.45, 2.75) is 71.9 Å². The molecule has 37 heavy (non-hydrogen) atoms. The number of urea groups is 1. The number of carbonyl (C=O) groups excluding carboxylic acids is 3. The first-order valence-corrected chi connectivity index (χ1v) is 12.9. The van der Waals surface area contributed by atoms with Gasteiger partial charge in [0, 0.05) is 19.5 Å². The van der Waals surface area contributed by atoms with Crippen LogP contribution in [0.25, 0.3) is 0 Å². The predicted molar refractivity (Wildman–Crippen MR) is 140 cm³/mol. The fourth-order valence-electron chi connectivity index (χ4n) is 4.15. The lowest BCUT2D eigenvalue weighted by atomic mass is 9.84. The number of nitrogens with two attached hydrogens (primary N) is 1. The molecule has 1 aromatic carbocycles. The zero-order valence-corrected chi connectivity index (χ0v) is 23.0. The molecule has 10 nitrogen and oxygen atoms in total. The Morgan fingerprint density at radius 3 is 2.30 bits per heavy atom. The average molecular weight is 520 g/mol. The Labute approximate surface area is 219 Å².